The molecule has 0 aliphatic rings. The molecule has 0 unspecified atom stereocenters. The Kier molecular flexibility index (Phi) is 5.49. The number of aliphatic carboxylic acids is 1. The van der Waals surface area contributed by atoms with Crippen molar-refractivity contribution in [1.82, 2.24) is 9.88 Å². The van der Waals surface area contributed by atoms with Crippen molar-refractivity contribution in [3.05, 3.63) is 16.1 Å². The van der Waals surface area contributed by atoms with Crippen LogP contribution in [0.5, 0.6) is 0 Å². The number of hydrogen-bond acceptors (Lipinski definition) is 4. The van der Waals surface area contributed by atoms with Gasteiger partial charge in [0.1, 0.15) is 4.88 Å². The number of aromatic nitrogens is 1. The van der Waals surface area contributed by atoms with Crippen molar-refractivity contribution in [2.24, 2.45) is 0 Å². The van der Waals surface area contributed by atoms with E-state index in [9.17, 15) is 22.8 Å². The van der Waals surface area contributed by atoms with E-state index in [1.165, 1.54) is 0 Å². The first-order valence-electron chi connectivity index (χ1n) is 5.79. The van der Waals surface area contributed by atoms with E-state index in [1.54, 1.807) is 6.92 Å². The van der Waals surface area contributed by atoms with E-state index in [0.717, 1.165) is 10.4 Å². The highest BCUT2D eigenvalue weighted by atomic mass is 32.1. The highest BCUT2D eigenvalue weighted by molar-refractivity contribution is 7.11. The zero-order valence-electron chi connectivity index (χ0n) is 10.6. The van der Waals surface area contributed by atoms with Gasteiger partial charge in [0.15, 0.2) is 5.69 Å². The zero-order chi connectivity index (χ0) is 15.3. The van der Waals surface area contributed by atoms with Gasteiger partial charge in [0.2, 0.25) is 0 Å². The number of halogens is 3. The SMILES string of the molecule is CCCN(CCC(=O)O)C(=O)c1scnc1C(F)(F)F. The Morgan fingerprint density at radius 2 is 2.05 bits per heavy atom. The summed E-state index contributed by atoms with van der Waals surface area (Å²) in [5.74, 6) is -1.94. The lowest BCUT2D eigenvalue weighted by molar-refractivity contribution is -0.141. The van der Waals surface area contributed by atoms with E-state index in [4.69, 9.17) is 5.11 Å². The Bertz CT molecular complexity index is 488. The van der Waals surface area contributed by atoms with Gasteiger partial charge in [-0.2, -0.15) is 13.2 Å². The zero-order valence-corrected chi connectivity index (χ0v) is 11.4. The summed E-state index contributed by atoms with van der Waals surface area (Å²) >= 11 is 0.603. The molecule has 1 N–H and O–H groups in total. The second-order valence-electron chi connectivity index (χ2n) is 3.96. The molecule has 0 atom stereocenters. The summed E-state index contributed by atoms with van der Waals surface area (Å²) in [6, 6.07) is 0. The minimum Gasteiger partial charge on any atom is -0.481 e. The molecule has 1 aromatic rings. The second kappa shape index (κ2) is 6.69. The fourth-order valence-corrected chi connectivity index (χ4v) is 2.33. The number of carbonyl (C=O) groups excluding carboxylic acids is 1. The maximum Gasteiger partial charge on any atom is 0.434 e. The van der Waals surface area contributed by atoms with Crippen molar-refractivity contribution in [2.75, 3.05) is 13.1 Å². The molecule has 0 spiro atoms. The fourth-order valence-electron chi connectivity index (χ4n) is 1.56. The minimum atomic E-state index is -4.70. The van der Waals surface area contributed by atoms with Gasteiger partial charge in [0, 0.05) is 13.1 Å². The third kappa shape index (κ3) is 4.19. The molecule has 0 radical (unpaired) electrons. The Morgan fingerprint density at radius 1 is 1.40 bits per heavy atom. The molecule has 112 valence electrons. The van der Waals surface area contributed by atoms with Crippen molar-refractivity contribution in [3.8, 4) is 0 Å². The summed E-state index contributed by atoms with van der Waals surface area (Å²) in [6.07, 6.45) is -4.49. The predicted molar refractivity (Wildman–Crippen MR) is 65.6 cm³/mol. The van der Waals surface area contributed by atoms with Crippen molar-refractivity contribution >= 4 is 23.2 Å². The number of amides is 1. The van der Waals surface area contributed by atoms with E-state index < -0.39 is 28.6 Å². The molecule has 1 aromatic heterocycles. The molecule has 0 aromatic carbocycles. The molecule has 1 heterocycles. The van der Waals surface area contributed by atoms with Gasteiger partial charge >= 0.3 is 12.1 Å². The topological polar surface area (TPSA) is 70.5 Å². The van der Waals surface area contributed by atoms with Gasteiger partial charge in [0.25, 0.3) is 5.91 Å². The highest BCUT2D eigenvalue weighted by Gasteiger charge is 2.39. The Labute approximate surface area is 117 Å². The van der Waals surface area contributed by atoms with Crippen LogP contribution in [-0.2, 0) is 11.0 Å². The lowest BCUT2D eigenvalue weighted by Gasteiger charge is -2.21. The Hall–Kier alpha value is -1.64. The van der Waals surface area contributed by atoms with E-state index in [2.05, 4.69) is 4.98 Å². The normalized spacial score (nSPS) is 11.4. The van der Waals surface area contributed by atoms with Crippen molar-refractivity contribution in [2.45, 2.75) is 25.9 Å². The van der Waals surface area contributed by atoms with Crippen LogP contribution in [0.3, 0.4) is 0 Å². The lowest BCUT2D eigenvalue weighted by atomic mass is 10.2. The van der Waals surface area contributed by atoms with Gasteiger partial charge in [-0.25, -0.2) is 4.98 Å². The average Bonchev–Trinajstić information content (AvgIpc) is 2.82. The Balaban J connectivity index is 2.95. The number of hydrogen-bond donors (Lipinski definition) is 1. The van der Waals surface area contributed by atoms with Crippen LogP contribution in [0, 0.1) is 0 Å². The average molecular weight is 310 g/mol. The number of thiazole rings is 1. The first-order chi connectivity index (χ1) is 9.27. The minimum absolute atomic E-state index is 0.128. The van der Waals surface area contributed by atoms with Gasteiger partial charge in [-0.3, -0.25) is 9.59 Å². The van der Waals surface area contributed by atoms with Crippen LogP contribution in [0.15, 0.2) is 5.51 Å². The van der Waals surface area contributed by atoms with E-state index in [0.29, 0.717) is 17.8 Å². The van der Waals surface area contributed by atoms with Crippen LogP contribution in [0.1, 0.15) is 35.1 Å². The van der Waals surface area contributed by atoms with Gasteiger partial charge in [0.05, 0.1) is 11.9 Å². The van der Waals surface area contributed by atoms with Crippen molar-refractivity contribution in [3.63, 3.8) is 0 Å². The van der Waals surface area contributed by atoms with Gasteiger partial charge in [-0.1, -0.05) is 6.92 Å². The van der Waals surface area contributed by atoms with Crippen LogP contribution in [-0.4, -0.2) is 40.0 Å². The molecule has 0 saturated carbocycles. The molecule has 9 heteroatoms. The number of carboxylic acids is 1. The quantitative estimate of drug-likeness (QED) is 0.876. The van der Waals surface area contributed by atoms with Crippen molar-refractivity contribution < 1.29 is 27.9 Å². The molecule has 0 aliphatic carbocycles. The predicted octanol–water partition coefficient (Wildman–Crippen LogP) is 2.49. The first kappa shape index (κ1) is 16.4. The second-order valence-corrected chi connectivity index (χ2v) is 4.82. The molecule has 0 saturated heterocycles. The molecular weight excluding hydrogens is 297 g/mol. The summed E-state index contributed by atoms with van der Waals surface area (Å²) in [7, 11) is 0. The van der Waals surface area contributed by atoms with Crippen LogP contribution in [0.25, 0.3) is 0 Å². The summed E-state index contributed by atoms with van der Waals surface area (Å²) in [6.45, 7) is 1.82. The van der Waals surface area contributed by atoms with Gasteiger partial charge < -0.3 is 10.0 Å². The number of carboxylic acid groups (broad SMARTS) is 1. The van der Waals surface area contributed by atoms with E-state index in [1.807, 2.05) is 0 Å². The van der Waals surface area contributed by atoms with Gasteiger partial charge in [-0.15, -0.1) is 11.3 Å². The molecule has 0 aliphatic heterocycles. The maximum atomic E-state index is 12.7. The maximum absolute atomic E-state index is 12.7. The van der Waals surface area contributed by atoms with Crippen LogP contribution in [0.2, 0.25) is 0 Å². The highest BCUT2D eigenvalue weighted by Crippen LogP contribution is 2.33. The van der Waals surface area contributed by atoms with Gasteiger partial charge in [-0.05, 0) is 6.42 Å². The molecule has 1 amide bonds. The first-order valence-corrected chi connectivity index (χ1v) is 6.67. The molecule has 0 bridgehead atoms. The smallest absolute Gasteiger partial charge is 0.434 e. The van der Waals surface area contributed by atoms with Crippen LogP contribution in [0.4, 0.5) is 13.2 Å². The number of carbonyl (C=O) groups is 2. The molecule has 0 fully saturated rings. The number of nitrogens with zero attached hydrogens (tertiary/aromatic N) is 2. The molecule has 20 heavy (non-hydrogen) atoms. The standard InChI is InChI=1S/C11H13F3N2O3S/c1-2-4-16(5-3-7(17)18)10(19)8-9(11(12,13)14)15-6-20-8/h6H,2-5H2,1H3,(H,17,18). The number of alkyl halides is 3. The monoisotopic (exact) mass is 310 g/mol. The van der Waals surface area contributed by atoms with E-state index >= 15 is 0 Å². The van der Waals surface area contributed by atoms with E-state index in [-0.39, 0.29) is 19.5 Å². The molecule has 5 nitrogen and oxygen atoms in total. The third-order valence-corrected chi connectivity index (χ3v) is 3.22. The summed E-state index contributed by atoms with van der Waals surface area (Å²) in [4.78, 5) is 26.4. The lowest BCUT2D eigenvalue weighted by Crippen LogP contribution is -2.34. The summed E-state index contributed by atoms with van der Waals surface area (Å²) < 4.78 is 38.1. The number of rotatable bonds is 6. The summed E-state index contributed by atoms with van der Waals surface area (Å²) in [5, 5.41) is 8.60. The van der Waals surface area contributed by atoms with Crippen LogP contribution < -0.4 is 0 Å². The van der Waals surface area contributed by atoms with Crippen LogP contribution >= 0.6 is 11.3 Å². The molecule has 1 rings (SSSR count). The third-order valence-electron chi connectivity index (χ3n) is 2.41. The summed E-state index contributed by atoms with van der Waals surface area (Å²) in [5.41, 5.74) is -0.263. The molecular formula is C11H13F3N2O3S. The Morgan fingerprint density at radius 3 is 2.55 bits per heavy atom. The largest absolute Gasteiger partial charge is 0.481 e. The van der Waals surface area contributed by atoms with Crippen molar-refractivity contribution in [1.29, 1.82) is 0 Å². The fraction of sp³-hybridized carbons (Fsp3) is 0.545.